The second-order valence-electron chi connectivity index (χ2n) is 2.16. The van der Waals surface area contributed by atoms with E-state index in [9.17, 15) is 13.6 Å². The fourth-order valence-corrected chi connectivity index (χ4v) is 1.47. The Morgan fingerprint density at radius 3 is 2.69 bits per heavy atom. The average molecular weight is 317 g/mol. The van der Waals surface area contributed by atoms with E-state index in [1.54, 1.807) is 22.6 Å². The molecule has 0 unspecified atom stereocenters. The van der Waals surface area contributed by atoms with Gasteiger partial charge in [-0.25, -0.2) is 13.8 Å². The molecule has 6 heteroatoms. The molecule has 0 spiro atoms. The summed E-state index contributed by atoms with van der Waals surface area (Å²) in [4.78, 5) is 13.9. The molecule has 0 fully saturated rings. The highest BCUT2D eigenvalue weighted by Gasteiger charge is 2.14. The van der Waals surface area contributed by atoms with Crippen LogP contribution in [0.25, 0.3) is 0 Å². The van der Waals surface area contributed by atoms with Crippen molar-refractivity contribution in [3.8, 4) is 0 Å². The third-order valence-electron chi connectivity index (χ3n) is 1.32. The molecule has 0 aliphatic carbocycles. The standard InChI is InChI=1S/C7H3ClF2INO/c8-5-3(2-13)1-4(6(9)10)12-7(5)11/h1-2,6H. The molecule has 0 amide bonds. The van der Waals surface area contributed by atoms with Gasteiger partial charge in [0.2, 0.25) is 0 Å². The van der Waals surface area contributed by atoms with Crippen molar-refractivity contribution in [2.75, 3.05) is 0 Å². The third-order valence-corrected chi connectivity index (χ3v) is 2.81. The van der Waals surface area contributed by atoms with Gasteiger partial charge in [0.05, 0.1) is 5.02 Å². The van der Waals surface area contributed by atoms with E-state index in [-0.39, 0.29) is 14.3 Å². The van der Waals surface area contributed by atoms with E-state index in [0.29, 0.717) is 6.29 Å². The molecule has 1 rings (SSSR count). The molecule has 0 aromatic carbocycles. The molecule has 0 N–H and O–H groups in total. The maximum atomic E-state index is 12.2. The third kappa shape index (κ3) is 2.34. The molecule has 0 aliphatic heterocycles. The van der Waals surface area contributed by atoms with Crippen LogP contribution in [0.4, 0.5) is 8.78 Å². The SMILES string of the molecule is O=Cc1cc(C(F)F)nc(I)c1Cl. The lowest BCUT2D eigenvalue weighted by Crippen LogP contribution is -1.97. The number of rotatable bonds is 2. The minimum Gasteiger partial charge on any atom is -0.298 e. The van der Waals surface area contributed by atoms with Crippen LogP contribution in [-0.2, 0) is 0 Å². The Kier molecular flexibility index (Phi) is 3.55. The molecule has 70 valence electrons. The Morgan fingerprint density at radius 2 is 2.23 bits per heavy atom. The number of carbonyl (C=O) groups excluding carboxylic acids is 1. The highest BCUT2D eigenvalue weighted by atomic mass is 127. The summed E-state index contributed by atoms with van der Waals surface area (Å²) in [6, 6.07) is 0.988. The Morgan fingerprint density at radius 1 is 1.62 bits per heavy atom. The molecular weight excluding hydrogens is 314 g/mol. The van der Waals surface area contributed by atoms with E-state index in [0.717, 1.165) is 6.07 Å². The van der Waals surface area contributed by atoms with Gasteiger partial charge in [0.15, 0.2) is 6.29 Å². The maximum Gasteiger partial charge on any atom is 0.280 e. The van der Waals surface area contributed by atoms with E-state index >= 15 is 0 Å². The van der Waals surface area contributed by atoms with E-state index < -0.39 is 12.1 Å². The molecule has 0 atom stereocenters. The Labute approximate surface area is 91.4 Å². The highest BCUT2D eigenvalue weighted by molar-refractivity contribution is 14.1. The Hall–Kier alpha value is -0.300. The van der Waals surface area contributed by atoms with Crippen LogP contribution in [0.2, 0.25) is 5.02 Å². The van der Waals surface area contributed by atoms with Crippen LogP contribution in [0.3, 0.4) is 0 Å². The van der Waals surface area contributed by atoms with Crippen molar-refractivity contribution in [3.63, 3.8) is 0 Å². The quantitative estimate of drug-likeness (QED) is 0.477. The summed E-state index contributed by atoms with van der Waals surface area (Å²) in [5.74, 6) is 0. The monoisotopic (exact) mass is 317 g/mol. The lowest BCUT2D eigenvalue weighted by molar-refractivity contribution is 0.112. The predicted molar refractivity (Wildman–Crippen MR) is 52.3 cm³/mol. The van der Waals surface area contributed by atoms with Crippen molar-refractivity contribution in [2.24, 2.45) is 0 Å². The van der Waals surface area contributed by atoms with E-state index in [1.165, 1.54) is 0 Å². The fraction of sp³-hybridized carbons (Fsp3) is 0.143. The summed E-state index contributed by atoms with van der Waals surface area (Å²) in [5, 5.41) is 0.111. The van der Waals surface area contributed by atoms with Gasteiger partial charge < -0.3 is 0 Å². The predicted octanol–water partition coefficient (Wildman–Crippen LogP) is 3.09. The van der Waals surface area contributed by atoms with Crippen LogP contribution < -0.4 is 0 Å². The topological polar surface area (TPSA) is 30.0 Å². The summed E-state index contributed by atoms with van der Waals surface area (Å²) in [7, 11) is 0. The van der Waals surface area contributed by atoms with Gasteiger partial charge in [0, 0.05) is 5.56 Å². The molecule has 1 heterocycles. The van der Waals surface area contributed by atoms with Crippen molar-refractivity contribution < 1.29 is 13.6 Å². The molecule has 0 bridgehead atoms. The largest absolute Gasteiger partial charge is 0.298 e. The summed E-state index contributed by atoms with van der Waals surface area (Å²) in [6.45, 7) is 0. The minimum atomic E-state index is -2.69. The van der Waals surface area contributed by atoms with Crippen LogP contribution in [-0.4, -0.2) is 11.3 Å². The van der Waals surface area contributed by atoms with E-state index in [1.807, 2.05) is 0 Å². The maximum absolute atomic E-state index is 12.2. The van der Waals surface area contributed by atoms with Crippen LogP contribution in [0.15, 0.2) is 6.07 Å². The van der Waals surface area contributed by atoms with Gasteiger partial charge in [-0.3, -0.25) is 4.79 Å². The summed E-state index contributed by atoms with van der Waals surface area (Å²) < 4.78 is 24.5. The number of hydrogen-bond acceptors (Lipinski definition) is 2. The van der Waals surface area contributed by atoms with Gasteiger partial charge in [-0.15, -0.1) is 0 Å². The zero-order chi connectivity index (χ0) is 10.0. The van der Waals surface area contributed by atoms with Gasteiger partial charge in [-0.2, -0.15) is 0 Å². The van der Waals surface area contributed by atoms with E-state index in [4.69, 9.17) is 11.6 Å². The summed E-state index contributed by atoms with van der Waals surface area (Å²) in [5.41, 5.74) is -0.396. The van der Waals surface area contributed by atoms with Gasteiger partial charge in [0.1, 0.15) is 9.39 Å². The smallest absolute Gasteiger partial charge is 0.280 e. The first-order chi connectivity index (χ1) is 6.06. The molecule has 0 aliphatic rings. The fourth-order valence-electron chi connectivity index (χ4n) is 0.734. The lowest BCUT2D eigenvalue weighted by atomic mass is 10.2. The second kappa shape index (κ2) is 4.28. The van der Waals surface area contributed by atoms with Gasteiger partial charge >= 0.3 is 0 Å². The number of alkyl halides is 2. The number of nitrogens with zero attached hydrogens (tertiary/aromatic N) is 1. The molecule has 0 saturated heterocycles. The molecule has 0 radical (unpaired) electrons. The zero-order valence-electron chi connectivity index (χ0n) is 6.10. The first-order valence-corrected chi connectivity index (χ1v) is 4.61. The van der Waals surface area contributed by atoms with Crippen molar-refractivity contribution in [3.05, 3.63) is 26.0 Å². The van der Waals surface area contributed by atoms with Gasteiger partial charge in [-0.1, -0.05) is 11.6 Å². The molecule has 13 heavy (non-hydrogen) atoms. The van der Waals surface area contributed by atoms with Crippen LogP contribution in [0.1, 0.15) is 22.5 Å². The van der Waals surface area contributed by atoms with Crippen molar-refractivity contribution in [1.82, 2.24) is 4.98 Å². The number of carbonyl (C=O) groups is 1. The zero-order valence-corrected chi connectivity index (χ0v) is 9.01. The van der Waals surface area contributed by atoms with Crippen molar-refractivity contribution >= 4 is 40.5 Å². The first-order valence-electron chi connectivity index (χ1n) is 3.15. The number of pyridine rings is 1. The Balaban J connectivity index is 3.30. The molecule has 1 aromatic heterocycles. The molecule has 0 saturated carbocycles. The van der Waals surface area contributed by atoms with Gasteiger partial charge in [-0.05, 0) is 28.7 Å². The number of aromatic nitrogens is 1. The normalized spacial score (nSPS) is 10.5. The summed E-state index contributed by atoms with van der Waals surface area (Å²) in [6.07, 6.45) is -2.26. The number of hydrogen-bond donors (Lipinski definition) is 0. The van der Waals surface area contributed by atoms with Crippen LogP contribution >= 0.6 is 34.2 Å². The molecule has 1 aromatic rings. The number of aldehydes is 1. The van der Waals surface area contributed by atoms with Crippen LogP contribution in [0, 0.1) is 3.70 Å². The van der Waals surface area contributed by atoms with E-state index in [2.05, 4.69) is 4.98 Å². The van der Waals surface area contributed by atoms with Gasteiger partial charge in [0.25, 0.3) is 6.43 Å². The van der Waals surface area contributed by atoms with Crippen molar-refractivity contribution in [1.29, 1.82) is 0 Å². The second-order valence-corrected chi connectivity index (χ2v) is 3.56. The number of halogens is 4. The average Bonchev–Trinajstić information content (AvgIpc) is 2.09. The highest BCUT2D eigenvalue weighted by Crippen LogP contribution is 2.25. The molecular formula is C7H3ClF2INO. The lowest BCUT2D eigenvalue weighted by Gasteiger charge is -2.03. The summed E-state index contributed by atoms with van der Waals surface area (Å²) >= 11 is 7.32. The first kappa shape index (κ1) is 10.8. The van der Waals surface area contributed by atoms with Crippen molar-refractivity contribution in [2.45, 2.75) is 6.43 Å². The Bertz CT molecular complexity index is 346. The minimum absolute atomic E-state index is 0.0383. The van der Waals surface area contributed by atoms with Crippen LogP contribution in [0.5, 0.6) is 0 Å². The molecule has 2 nitrogen and oxygen atoms in total.